The highest BCUT2D eigenvalue weighted by molar-refractivity contribution is 6.35. The molecule has 1 saturated heterocycles. The van der Waals surface area contributed by atoms with E-state index in [0.29, 0.717) is 15.1 Å². The topological polar surface area (TPSA) is 55.1 Å². The zero-order chi connectivity index (χ0) is 24.6. The first-order chi connectivity index (χ1) is 16.9. The number of halogens is 3. The molecule has 2 aliphatic rings. The second-order valence-corrected chi connectivity index (χ2v) is 10.8. The quantitative estimate of drug-likeness (QED) is 0.343. The van der Waals surface area contributed by atoms with Crippen LogP contribution in [0.15, 0.2) is 84.9 Å². The molecule has 6 heteroatoms. The molecule has 3 nitrogen and oxygen atoms in total. The number of rotatable bonds is 6. The maximum absolute atomic E-state index is 13.2. The lowest BCUT2D eigenvalue weighted by molar-refractivity contribution is -0.123. The number of aryl methyl sites for hydroxylation is 1. The highest BCUT2D eigenvalue weighted by Gasteiger charge is 2.57. The van der Waals surface area contributed by atoms with Gasteiger partial charge in [0.15, 0.2) is 0 Å². The van der Waals surface area contributed by atoms with Crippen LogP contribution in [-0.2, 0) is 11.2 Å². The molecule has 0 radical (unpaired) electrons. The van der Waals surface area contributed by atoms with E-state index >= 15 is 0 Å². The molecule has 1 amide bonds. The average Bonchev–Trinajstić information content (AvgIpc) is 3.10. The summed E-state index contributed by atoms with van der Waals surface area (Å²) in [4.78, 5) is 13.2. The fraction of sp³-hybridized carbons (Fsp3) is 0.276. The number of benzene rings is 3. The lowest BCUT2D eigenvalue weighted by Gasteiger charge is -2.43. The Balaban J connectivity index is 1.53. The van der Waals surface area contributed by atoms with E-state index in [9.17, 15) is 4.79 Å². The van der Waals surface area contributed by atoms with Crippen molar-refractivity contribution in [3.8, 4) is 0 Å². The summed E-state index contributed by atoms with van der Waals surface area (Å²) in [5.74, 6) is -0.398. The number of allylic oxidation sites excluding steroid dienone is 1. The number of carbonyl (C=O) groups is 1. The smallest absolute Gasteiger partial charge is 0.244 e. The zero-order valence-corrected chi connectivity index (χ0v) is 21.4. The predicted molar refractivity (Wildman–Crippen MR) is 144 cm³/mol. The standard InChI is InChI=1S/C29H27Cl3N2O/c30-20-11-9-19(10-12-20)26-23(22-14-13-21(31)17-24(22)32)15-16-29(33)27(26)25(34-28(29)35)8-4-7-18-5-2-1-3-6-18/h1-3,5-6,9-17,23,25-27H,4,7-8,33H2,(H,34,35)/t23?,25?,26-,27?,29?/m0/s1. The van der Waals surface area contributed by atoms with Crippen LogP contribution < -0.4 is 11.1 Å². The molecule has 180 valence electrons. The second-order valence-electron chi connectivity index (χ2n) is 9.54. The van der Waals surface area contributed by atoms with Gasteiger partial charge in [0, 0.05) is 38.9 Å². The van der Waals surface area contributed by atoms with Crippen LogP contribution in [0.4, 0.5) is 0 Å². The summed E-state index contributed by atoms with van der Waals surface area (Å²) in [6.07, 6.45) is 6.66. The van der Waals surface area contributed by atoms with Crippen LogP contribution >= 0.6 is 34.8 Å². The minimum Gasteiger partial charge on any atom is -0.351 e. The Hall–Kier alpha value is -2.30. The summed E-state index contributed by atoms with van der Waals surface area (Å²) < 4.78 is 0. The van der Waals surface area contributed by atoms with Gasteiger partial charge in [-0.1, -0.05) is 95.5 Å². The molecular formula is C29H27Cl3N2O. The van der Waals surface area contributed by atoms with Crippen LogP contribution in [0.3, 0.4) is 0 Å². The Kier molecular flexibility index (Phi) is 6.96. The van der Waals surface area contributed by atoms with Gasteiger partial charge in [-0.3, -0.25) is 4.79 Å². The first kappa shape index (κ1) is 24.4. The van der Waals surface area contributed by atoms with Gasteiger partial charge in [0.2, 0.25) is 5.91 Å². The number of carbonyl (C=O) groups excluding carboxylic acids is 1. The van der Waals surface area contributed by atoms with Crippen LogP contribution in [0.2, 0.25) is 15.1 Å². The Morgan fingerprint density at radius 1 is 0.914 bits per heavy atom. The minimum atomic E-state index is -1.09. The molecule has 5 rings (SSSR count). The molecule has 3 aromatic rings. The molecule has 3 aromatic carbocycles. The Morgan fingerprint density at radius 3 is 2.34 bits per heavy atom. The van der Waals surface area contributed by atoms with E-state index in [4.69, 9.17) is 40.5 Å². The molecule has 5 atom stereocenters. The van der Waals surface area contributed by atoms with Crippen molar-refractivity contribution in [2.75, 3.05) is 0 Å². The number of nitrogens with two attached hydrogens (primary N) is 1. The van der Waals surface area contributed by atoms with Crippen molar-refractivity contribution < 1.29 is 4.79 Å². The predicted octanol–water partition coefficient (Wildman–Crippen LogP) is 6.92. The molecule has 3 N–H and O–H groups in total. The molecular weight excluding hydrogens is 499 g/mol. The van der Waals surface area contributed by atoms with Crippen molar-refractivity contribution in [1.29, 1.82) is 0 Å². The largest absolute Gasteiger partial charge is 0.351 e. The fourth-order valence-corrected chi connectivity index (χ4v) is 6.46. The summed E-state index contributed by atoms with van der Waals surface area (Å²) in [7, 11) is 0. The van der Waals surface area contributed by atoms with Crippen molar-refractivity contribution in [2.45, 2.75) is 42.7 Å². The minimum absolute atomic E-state index is 0.0598. The average molecular weight is 526 g/mol. The number of amides is 1. The van der Waals surface area contributed by atoms with Crippen LogP contribution in [0.5, 0.6) is 0 Å². The zero-order valence-electron chi connectivity index (χ0n) is 19.1. The maximum Gasteiger partial charge on any atom is 0.244 e. The third-order valence-electron chi connectivity index (χ3n) is 7.45. The van der Waals surface area contributed by atoms with E-state index in [1.165, 1.54) is 5.56 Å². The summed E-state index contributed by atoms with van der Waals surface area (Å²) in [6, 6.07) is 23.8. The van der Waals surface area contributed by atoms with E-state index in [-0.39, 0.29) is 29.7 Å². The van der Waals surface area contributed by atoms with Gasteiger partial charge < -0.3 is 11.1 Å². The monoisotopic (exact) mass is 524 g/mol. The highest BCUT2D eigenvalue weighted by atomic mass is 35.5. The van der Waals surface area contributed by atoms with Gasteiger partial charge in [0.25, 0.3) is 0 Å². The van der Waals surface area contributed by atoms with E-state index in [2.05, 4.69) is 29.6 Å². The van der Waals surface area contributed by atoms with Crippen molar-refractivity contribution in [3.63, 3.8) is 0 Å². The Bertz CT molecular complexity index is 1240. The third-order valence-corrected chi connectivity index (χ3v) is 8.26. The second kappa shape index (κ2) is 9.99. The summed E-state index contributed by atoms with van der Waals surface area (Å²) >= 11 is 19.1. The molecule has 1 aliphatic heterocycles. The summed E-state index contributed by atoms with van der Waals surface area (Å²) in [5, 5.41) is 5.10. The van der Waals surface area contributed by atoms with E-state index in [0.717, 1.165) is 30.4 Å². The Morgan fingerprint density at radius 2 is 1.63 bits per heavy atom. The van der Waals surface area contributed by atoms with Crippen molar-refractivity contribution in [3.05, 3.63) is 117 Å². The van der Waals surface area contributed by atoms with Crippen molar-refractivity contribution in [2.24, 2.45) is 11.7 Å². The van der Waals surface area contributed by atoms with Gasteiger partial charge in [-0.2, -0.15) is 0 Å². The number of fused-ring (bicyclic) bond motifs is 1. The number of hydrogen-bond acceptors (Lipinski definition) is 2. The van der Waals surface area contributed by atoms with Crippen LogP contribution in [-0.4, -0.2) is 17.5 Å². The van der Waals surface area contributed by atoms with Gasteiger partial charge >= 0.3 is 0 Å². The molecule has 0 saturated carbocycles. The van der Waals surface area contributed by atoms with Gasteiger partial charge in [0.05, 0.1) is 0 Å². The molecule has 35 heavy (non-hydrogen) atoms. The first-order valence-corrected chi connectivity index (χ1v) is 13.0. The fourth-order valence-electron chi connectivity index (χ4n) is 5.80. The van der Waals surface area contributed by atoms with Crippen LogP contribution in [0.1, 0.15) is 41.4 Å². The molecule has 4 unspecified atom stereocenters. The molecule has 1 heterocycles. The van der Waals surface area contributed by atoms with E-state index in [1.54, 1.807) is 6.07 Å². The van der Waals surface area contributed by atoms with Gasteiger partial charge in [-0.15, -0.1) is 0 Å². The lowest BCUT2D eigenvalue weighted by Crippen LogP contribution is -2.54. The van der Waals surface area contributed by atoms with Gasteiger partial charge in [-0.05, 0) is 60.2 Å². The van der Waals surface area contributed by atoms with Crippen molar-refractivity contribution in [1.82, 2.24) is 5.32 Å². The molecule has 1 aliphatic carbocycles. The summed E-state index contributed by atoms with van der Waals surface area (Å²) in [6.45, 7) is 0. The van der Waals surface area contributed by atoms with Gasteiger partial charge in [0.1, 0.15) is 5.54 Å². The third kappa shape index (κ3) is 4.75. The van der Waals surface area contributed by atoms with E-state index < -0.39 is 5.54 Å². The van der Waals surface area contributed by atoms with E-state index in [1.807, 2.05) is 54.6 Å². The lowest BCUT2D eigenvalue weighted by atomic mass is 9.61. The van der Waals surface area contributed by atoms with Crippen LogP contribution in [0, 0.1) is 5.92 Å². The van der Waals surface area contributed by atoms with Crippen LogP contribution in [0.25, 0.3) is 0 Å². The molecule has 0 bridgehead atoms. The number of nitrogens with one attached hydrogen (secondary N) is 1. The molecule has 0 aromatic heterocycles. The highest BCUT2D eigenvalue weighted by Crippen LogP contribution is 2.52. The van der Waals surface area contributed by atoms with Gasteiger partial charge in [-0.25, -0.2) is 0 Å². The molecule has 0 spiro atoms. The summed E-state index contributed by atoms with van der Waals surface area (Å²) in [5.41, 5.74) is 9.12. The SMILES string of the molecule is NC12C=CC(c3ccc(Cl)cc3Cl)[C@H](c3ccc(Cl)cc3)C1C(CCCc1ccccc1)NC2=O. The number of hydrogen-bond donors (Lipinski definition) is 2. The Labute approximate surface area is 221 Å². The normalized spacial score (nSPS) is 27.5. The molecule has 1 fully saturated rings. The first-order valence-electron chi connectivity index (χ1n) is 11.9. The van der Waals surface area contributed by atoms with Crippen molar-refractivity contribution >= 4 is 40.7 Å². The maximum atomic E-state index is 13.2.